The van der Waals surface area contributed by atoms with E-state index in [-0.39, 0.29) is 8.18 Å². The Hall–Kier alpha value is -0.730. The van der Waals surface area contributed by atoms with Gasteiger partial charge in [0.1, 0.15) is 0 Å². The normalized spacial score (nSPS) is 12.2. The Balaban J connectivity index is 2.82. The number of fused-ring (bicyclic) bond motifs is 1. The monoisotopic (exact) mass is 317 g/mol. The summed E-state index contributed by atoms with van der Waals surface area (Å²) in [7, 11) is 0. The van der Waals surface area contributed by atoms with Gasteiger partial charge in [-0.25, -0.2) is 0 Å². The molecule has 0 fully saturated rings. The van der Waals surface area contributed by atoms with Crippen molar-refractivity contribution in [3.05, 3.63) is 34.6 Å². The van der Waals surface area contributed by atoms with Crippen LogP contribution in [-0.4, -0.2) is 23.5 Å². The predicted octanol–water partition coefficient (Wildman–Crippen LogP) is 1.53. The van der Waals surface area contributed by atoms with Crippen molar-refractivity contribution in [2.45, 2.75) is 6.30 Å². The van der Waals surface area contributed by atoms with Gasteiger partial charge in [-0.2, -0.15) is 0 Å². The van der Waals surface area contributed by atoms with Crippen molar-refractivity contribution in [2.75, 3.05) is 0 Å². The van der Waals surface area contributed by atoms with Crippen LogP contribution in [0.2, 0.25) is 0 Å². The number of rotatable bonds is 0. The van der Waals surface area contributed by atoms with Gasteiger partial charge in [-0.15, -0.1) is 0 Å². The molecule has 2 aromatic rings. The molecule has 1 heterocycles. The van der Waals surface area contributed by atoms with Crippen molar-refractivity contribution in [2.24, 2.45) is 0 Å². The minimum atomic E-state index is -4.53. The Labute approximate surface area is 86.6 Å². The Morgan fingerprint density at radius 1 is 1.21 bits per heavy atom. The van der Waals surface area contributed by atoms with E-state index < -0.39 is 32.6 Å². The number of nitrogens with zero attached hydrogens (tertiary/aromatic N) is 1. The van der Waals surface area contributed by atoms with Gasteiger partial charge in [0, 0.05) is 0 Å². The van der Waals surface area contributed by atoms with Gasteiger partial charge in [-0.1, -0.05) is 0 Å². The molecule has 0 saturated heterocycles. The summed E-state index contributed by atoms with van der Waals surface area (Å²) in [5.41, 5.74) is -0.907. The first-order chi connectivity index (χ1) is 6.50. The van der Waals surface area contributed by atoms with Crippen molar-refractivity contribution >= 4 is 29.5 Å². The summed E-state index contributed by atoms with van der Waals surface area (Å²) in [5.74, 6) is 0. The van der Waals surface area contributed by atoms with E-state index in [9.17, 15) is 18.0 Å². The summed E-state index contributed by atoms with van der Waals surface area (Å²) in [6.07, 6.45) is -4.53. The summed E-state index contributed by atoms with van der Waals surface area (Å²) in [6.45, 7) is 0. The standard InChI is InChI=1S/C8H4F3NOTe/c9-8(10,11)12-7(13)5-3-1-2-4-6(5)14-12/h1-4H. The number of hydrogen-bond donors (Lipinski definition) is 0. The van der Waals surface area contributed by atoms with Crippen LogP contribution in [0.25, 0.3) is 8.79 Å². The molecule has 0 saturated carbocycles. The van der Waals surface area contributed by atoms with Crippen molar-refractivity contribution < 1.29 is 13.2 Å². The Morgan fingerprint density at radius 3 is 2.43 bits per heavy atom. The van der Waals surface area contributed by atoms with Gasteiger partial charge >= 0.3 is 86.4 Å². The molecule has 2 nitrogen and oxygen atoms in total. The fourth-order valence-corrected chi connectivity index (χ4v) is 3.64. The number of hydrogen-bond acceptors (Lipinski definition) is 1. The van der Waals surface area contributed by atoms with Crippen molar-refractivity contribution in [1.29, 1.82) is 0 Å². The topological polar surface area (TPSA) is 22.0 Å². The number of benzene rings is 1. The van der Waals surface area contributed by atoms with Crippen LogP contribution in [0.5, 0.6) is 0 Å². The fraction of sp³-hybridized carbons (Fsp3) is 0.125. The maximum absolute atomic E-state index is 12.3. The molecule has 0 unspecified atom stereocenters. The van der Waals surface area contributed by atoms with E-state index in [0.29, 0.717) is 3.40 Å². The summed E-state index contributed by atoms with van der Waals surface area (Å²) < 4.78 is 37.5. The second-order valence-corrected chi connectivity index (χ2v) is 5.47. The zero-order valence-electron chi connectivity index (χ0n) is 6.71. The zero-order chi connectivity index (χ0) is 10.3. The van der Waals surface area contributed by atoms with Crippen LogP contribution in [-0.2, 0) is 6.30 Å². The van der Waals surface area contributed by atoms with E-state index in [4.69, 9.17) is 0 Å². The molecule has 1 aromatic heterocycles. The van der Waals surface area contributed by atoms with Gasteiger partial charge in [0.05, 0.1) is 0 Å². The van der Waals surface area contributed by atoms with E-state index in [0.717, 1.165) is 0 Å². The molecule has 6 heteroatoms. The Bertz CT molecular complexity index is 525. The van der Waals surface area contributed by atoms with Crippen LogP contribution in [0.1, 0.15) is 0 Å². The average Bonchev–Trinajstić information content (AvgIpc) is 2.44. The number of halogens is 3. The molecule has 0 spiro atoms. The van der Waals surface area contributed by atoms with Crippen LogP contribution in [0, 0.1) is 0 Å². The molecule has 0 amide bonds. The zero-order valence-corrected chi connectivity index (χ0v) is 9.04. The first-order valence-electron chi connectivity index (χ1n) is 3.68. The fourth-order valence-electron chi connectivity index (χ4n) is 1.14. The van der Waals surface area contributed by atoms with Crippen LogP contribution >= 0.6 is 0 Å². The molecule has 0 aliphatic rings. The molecule has 74 valence electrons. The number of alkyl halides is 3. The summed E-state index contributed by atoms with van der Waals surface area (Å²) in [4.78, 5) is 11.3. The van der Waals surface area contributed by atoms with E-state index in [1.807, 2.05) is 0 Å². The third kappa shape index (κ3) is 1.49. The molecule has 0 aliphatic carbocycles. The Morgan fingerprint density at radius 2 is 1.86 bits per heavy atom. The van der Waals surface area contributed by atoms with Crippen LogP contribution in [0.4, 0.5) is 13.2 Å². The molecule has 0 atom stereocenters. The van der Waals surface area contributed by atoms with Gasteiger partial charge < -0.3 is 0 Å². The third-order valence-electron chi connectivity index (χ3n) is 1.72. The molecule has 0 bridgehead atoms. The van der Waals surface area contributed by atoms with Gasteiger partial charge in [0.25, 0.3) is 0 Å². The SMILES string of the molecule is O=c1c2ccccc2[te]n1C(F)(F)F. The molecule has 0 N–H and O–H groups in total. The Kier molecular flexibility index (Phi) is 2.20. The maximum atomic E-state index is 12.3. The molecule has 0 aliphatic heterocycles. The van der Waals surface area contributed by atoms with Gasteiger partial charge in [-0.3, -0.25) is 0 Å². The first-order valence-corrected chi connectivity index (χ1v) is 5.89. The van der Waals surface area contributed by atoms with E-state index >= 15 is 0 Å². The predicted molar refractivity (Wildman–Crippen MR) is 46.4 cm³/mol. The average molecular weight is 315 g/mol. The summed E-state index contributed by atoms with van der Waals surface area (Å²) in [6, 6.07) is 6.25. The quantitative estimate of drug-likeness (QED) is 0.676. The number of aromatic nitrogens is 1. The van der Waals surface area contributed by atoms with E-state index in [1.165, 1.54) is 6.07 Å². The van der Waals surface area contributed by atoms with E-state index in [1.54, 1.807) is 18.2 Å². The van der Waals surface area contributed by atoms with Crippen LogP contribution in [0.3, 0.4) is 0 Å². The van der Waals surface area contributed by atoms with E-state index in [2.05, 4.69) is 0 Å². The van der Waals surface area contributed by atoms with Gasteiger partial charge in [-0.05, 0) is 0 Å². The van der Waals surface area contributed by atoms with Crippen molar-refractivity contribution in [3.63, 3.8) is 0 Å². The molecule has 14 heavy (non-hydrogen) atoms. The van der Waals surface area contributed by atoms with Crippen LogP contribution in [0.15, 0.2) is 29.1 Å². The van der Waals surface area contributed by atoms with Gasteiger partial charge in [0.15, 0.2) is 0 Å². The molecular weight excluding hydrogens is 311 g/mol. The van der Waals surface area contributed by atoms with Crippen molar-refractivity contribution in [1.82, 2.24) is 2.79 Å². The minimum absolute atomic E-state index is 0.0444. The summed E-state index contributed by atoms with van der Waals surface area (Å²) >= 11 is -1.60. The molecular formula is C8H4F3NOTe. The summed E-state index contributed by atoms with van der Waals surface area (Å²) in [5, 5.41) is 0.201. The third-order valence-corrected chi connectivity index (χ3v) is 4.88. The molecule has 0 radical (unpaired) electrons. The second kappa shape index (κ2) is 3.14. The van der Waals surface area contributed by atoms with Crippen molar-refractivity contribution in [3.8, 4) is 0 Å². The second-order valence-electron chi connectivity index (χ2n) is 2.65. The van der Waals surface area contributed by atoms with Gasteiger partial charge in [0.2, 0.25) is 0 Å². The molecule has 2 rings (SSSR count). The van der Waals surface area contributed by atoms with Crippen LogP contribution < -0.4 is 5.56 Å². The first kappa shape index (κ1) is 9.81. The molecule has 1 aromatic carbocycles.